The molecule has 16 heavy (non-hydrogen) atoms. The summed E-state index contributed by atoms with van der Waals surface area (Å²) in [6.07, 6.45) is 2.11. The molecule has 3 heteroatoms. The van der Waals surface area contributed by atoms with Crippen molar-refractivity contribution in [3.63, 3.8) is 0 Å². The molecule has 0 saturated carbocycles. The fraction of sp³-hybridized carbons (Fsp3) is 0.385. The highest BCUT2D eigenvalue weighted by molar-refractivity contribution is 5.68. The molecule has 0 aliphatic carbocycles. The van der Waals surface area contributed by atoms with E-state index in [2.05, 4.69) is 11.0 Å². The molecule has 0 saturated heterocycles. The van der Waals surface area contributed by atoms with Crippen molar-refractivity contribution in [3.05, 3.63) is 41.7 Å². The van der Waals surface area contributed by atoms with Crippen molar-refractivity contribution >= 4 is 5.57 Å². The van der Waals surface area contributed by atoms with Crippen molar-refractivity contribution in [2.75, 3.05) is 26.7 Å². The first-order chi connectivity index (χ1) is 7.70. The van der Waals surface area contributed by atoms with Crippen LogP contribution < -0.4 is 0 Å². The molecule has 0 bridgehead atoms. The van der Waals surface area contributed by atoms with Crippen molar-refractivity contribution in [1.82, 2.24) is 4.90 Å². The summed E-state index contributed by atoms with van der Waals surface area (Å²) < 4.78 is 12.8. The second-order valence-electron chi connectivity index (χ2n) is 4.27. The van der Waals surface area contributed by atoms with Gasteiger partial charge in [0.2, 0.25) is 0 Å². The third-order valence-electron chi connectivity index (χ3n) is 2.99. The van der Waals surface area contributed by atoms with Gasteiger partial charge < -0.3 is 10.0 Å². The number of aliphatic hydroxyl groups excluding tert-OH is 1. The van der Waals surface area contributed by atoms with Gasteiger partial charge >= 0.3 is 0 Å². The predicted molar refractivity (Wildman–Crippen MR) is 62.4 cm³/mol. The molecule has 1 aliphatic rings. The maximum Gasteiger partial charge on any atom is 0.123 e. The minimum absolute atomic E-state index is 0.129. The van der Waals surface area contributed by atoms with Crippen molar-refractivity contribution < 1.29 is 9.50 Å². The summed E-state index contributed by atoms with van der Waals surface area (Å²) in [5.41, 5.74) is 2.13. The van der Waals surface area contributed by atoms with Crippen LogP contribution in [0.1, 0.15) is 5.56 Å². The number of hydrogen-bond acceptors (Lipinski definition) is 2. The molecule has 2 nitrogen and oxygen atoms in total. The van der Waals surface area contributed by atoms with E-state index >= 15 is 0 Å². The molecular formula is C13H16FNO. The number of halogens is 1. The van der Waals surface area contributed by atoms with E-state index in [9.17, 15) is 9.50 Å². The number of hydrogen-bond donors (Lipinski definition) is 1. The molecule has 0 fully saturated rings. The molecular weight excluding hydrogens is 205 g/mol. The van der Waals surface area contributed by atoms with E-state index in [1.165, 1.54) is 12.1 Å². The van der Waals surface area contributed by atoms with Gasteiger partial charge in [0.05, 0.1) is 6.61 Å². The van der Waals surface area contributed by atoms with E-state index in [0.717, 1.165) is 24.2 Å². The lowest BCUT2D eigenvalue weighted by Crippen LogP contribution is -2.32. The Kier molecular flexibility index (Phi) is 3.36. The van der Waals surface area contributed by atoms with Gasteiger partial charge in [-0.15, -0.1) is 0 Å². The zero-order valence-corrected chi connectivity index (χ0v) is 9.36. The molecule has 1 heterocycles. The van der Waals surface area contributed by atoms with E-state index in [1.807, 2.05) is 7.05 Å². The minimum atomic E-state index is -0.224. The summed E-state index contributed by atoms with van der Waals surface area (Å²) in [4.78, 5) is 2.16. The van der Waals surface area contributed by atoms with Crippen LogP contribution in [0.15, 0.2) is 30.3 Å². The fourth-order valence-electron chi connectivity index (χ4n) is 2.12. The highest BCUT2D eigenvalue weighted by atomic mass is 19.1. The first-order valence-electron chi connectivity index (χ1n) is 5.46. The normalized spacial score (nSPS) is 21.9. The Morgan fingerprint density at radius 2 is 2.06 bits per heavy atom. The van der Waals surface area contributed by atoms with Crippen LogP contribution >= 0.6 is 0 Å². The van der Waals surface area contributed by atoms with Crippen LogP contribution in [0.2, 0.25) is 0 Å². The third kappa shape index (κ3) is 2.31. The molecule has 0 aromatic heterocycles. The van der Waals surface area contributed by atoms with Crippen LogP contribution in [0.25, 0.3) is 5.57 Å². The van der Waals surface area contributed by atoms with Crippen LogP contribution in [0.5, 0.6) is 0 Å². The second-order valence-corrected chi connectivity index (χ2v) is 4.27. The SMILES string of the molecule is CN1CC=C(c2ccc(F)cc2)[C@H](CO)C1. The van der Waals surface area contributed by atoms with Crippen molar-refractivity contribution in [1.29, 1.82) is 0 Å². The molecule has 2 rings (SSSR count). The Morgan fingerprint density at radius 3 is 2.69 bits per heavy atom. The number of likely N-dealkylation sites (N-methyl/N-ethyl adjacent to an activating group) is 1. The first-order valence-corrected chi connectivity index (χ1v) is 5.46. The van der Waals surface area contributed by atoms with Gasteiger partial charge in [-0.2, -0.15) is 0 Å². The molecule has 0 radical (unpaired) electrons. The Bertz CT molecular complexity index is 385. The lowest BCUT2D eigenvalue weighted by Gasteiger charge is -2.29. The van der Waals surface area contributed by atoms with Gasteiger partial charge in [0, 0.05) is 19.0 Å². The Labute approximate surface area is 95.0 Å². The van der Waals surface area contributed by atoms with Gasteiger partial charge in [0.1, 0.15) is 5.82 Å². The monoisotopic (exact) mass is 221 g/mol. The molecule has 86 valence electrons. The average molecular weight is 221 g/mol. The van der Waals surface area contributed by atoms with Gasteiger partial charge in [0.25, 0.3) is 0 Å². The number of nitrogens with zero attached hydrogens (tertiary/aromatic N) is 1. The van der Waals surface area contributed by atoms with Gasteiger partial charge in [-0.3, -0.25) is 0 Å². The summed E-state index contributed by atoms with van der Waals surface area (Å²) in [7, 11) is 2.03. The molecule has 0 amide bonds. The zero-order chi connectivity index (χ0) is 11.5. The molecule has 0 unspecified atom stereocenters. The first kappa shape index (κ1) is 11.3. The quantitative estimate of drug-likeness (QED) is 0.822. The number of aliphatic hydroxyl groups is 1. The highest BCUT2D eigenvalue weighted by Crippen LogP contribution is 2.27. The standard InChI is InChI=1S/C13H16FNO/c1-15-7-6-13(11(8-15)9-16)10-2-4-12(14)5-3-10/h2-6,11,16H,7-9H2,1H3/t11-/m0/s1. The molecule has 1 aliphatic heterocycles. The molecule has 1 aromatic carbocycles. The fourth-order valence-corrected chi connectivity index (χ4v) is 2.12. The summed E-state index contributed by atoms with van der Waals surface area (Å²) in [6.45, 7) is 1.86. The second kappa shape index (κ2) is 4.76. The summed E-state index contributed by atoms with van der Waals surface area (Å²) in [5.74, 6) is -0.0953. The summed E-state index contributed by atoms with van der Waals surface area (Å²) in [6, 6.07) is 6.47. The van der Waals surface area contributed by atoms with Crippen molar-refractivity contribution in [2.45, 2.75) is 0 Å². The van der Waals surface area contributed by atoms with Crippen LogP contribution in [-0.2, 0) is 0 Å². The Hall–Kier alpha value is -1.19. The Balaban J connectivity index is 2.28. The Morgan fingerprint density at radius 1 is 1.38 bits per heavy atom. The van der Waals surface area contributed by atoms with Gasteiger partial charge in [-0.05, 0) is 30.3 Å². The smallest absolute Gasteiger partial charge is 0.123 e. The third-order valence-corrected chi connectivity index (χ3v) is 2.99. The lowest BCUT2D eigenvalue weighted by atomic mass is 9.90. The zero-order valence-electron chi connectivity index (χ0n) is 9.36. The van der Waals surface area contributed by atoms with Gasteiger partial charge in [-0.1, -0.05) is 18.2 Å². The van der Waals surface area contributed by atoms with E-state index in [1.54, 1.807) is 12.1 Å². The van der Waals surface area contributed by atoms with E-state index in [4.69, 9.17) is 0 Å². The van der Waals surface area contributed by atoms with Crippen LogP contribution in [0.3, 0.4) is 0 Å². The lowest BCUT2D eigenvalue weighted by molar-refractivity contribution is 0.212. The van der Waals surface area contributed by atoms with Crippen LogP contribution in [-0.4, -0.2) is 36.8 Å². The number of rotatable bonds is 2. The molecule has 0 spiro atoms. The van der Waals surface area contributed by atoms with E-state index < -0.39 is 0 Å². The van der Waals surface area contributed by atoms with Crippen LogP contribution in [0.4, 0.5) is 4.39 Å². The maximum absolute atomic E-state index is 12.8. The summed E-state index contributed by atoms with van der Waals surface area (Å²) >= 11 is 0. The largest absolute Gasteiger partial charge is 0.396 e. The van der Waals surface area contributed by atoms with E-state index in [-0.39, 0.29) is 18.3 Å². The maximum atomic E-state index is 12.8. The van der Waals surface area contributed by atoms with Crippen molar-refractivity contribution in [2.24, 2.45) is 5.92 Å². The average Bonchev–Trinajstić information content (AvgIpc) is 2.30. The highest BCUT2D eigenvalue weighted by Gasteiger charge is 2.20. The molecule has 1 N–H and O–H groups in total. The molecule has 1 aromatic rings. The summed E-state index contributed by atoms with van der Waals surface area (Å²) in [5, 5.41) is 9.35. The number of benzene rings is 1. The van der Waals surface area contributed by atoms with E-state index in [0.29, 0.717) is 0 Å². The van der Waals surface area contributed by atoms with Gasteiger partial charge in [-0.25, -0.2) is 4.39 Å². The predicted octanol–water partition coefficient (Wildman–Crippen LogP) is 1.76. The molecule has 1 atom stereocenters. The van der Waals surface area contributed by atoms with Gasteiger partial charge in [0.15, 0.2) is 0 Å². The topological polar surface area (TPSA) is 23.5 Å². The van der Waals surface area contributed by atoms with Crippen LogP contribution in [0, 0.1) is 11.7 Å². The van der Waals surface area contributed by atoms with Crippen molar-refractivity contribution in [3.8, 4) is 0 Å². The minimum Gasteiger partial charge on any atom is -0.396 e.